The highest BCUT2D eigenvalue weighted by molar-refractivity contribution is 7.98. The number of unbranched alkanes of at least 4 members (excludes halogenated alkanes) is 2. The summed E-state index contributed by atoms with van der Waals surface area (Å²) in [5.74, 6) is 0.299. The summed E-state index contributed by atoms with van der Waals surface area (Å²) in [7, 11) is 0. The van der Waals surface area contributed by atoms with Crippen molar-refractivity contribution in [2.24, 2.45) is 0 Å². The lowest BCUT2D eigenvalue weighted by Gasteiger charge is -2.43. The van der Waals surface area contributed by atoms with Gasteiger partial charge >= 0.3 is 6.09 Å². The molecular weight excluding hydrogens is 474 g/mol. The van der Waals surface area contributed by atoms with Crippen molar-refractivity contribution in [3.8, 4) is 0 Å². The number of nitrogens with one attached hydrogen (secondary N) is 2. The van der Waals surface area contributed by atoms with Crippen molar-refractivity contribution in [3.05, 3.63) is 35.4 Å². The van der Waals surface area contributed by atoms with Gasteiger partial charge in [0.2, 0.25) is 11.8 Å². The number of hydrogen-bond donors (Lipinski definition) is 2. The smallest absolute Gasteiger partial charge is 0.408 e. The normalized spacial score (nSPS) is 15.4. The van der Waals surface area contributed by atoms with Gasteiger partial charge in [-0.05, 0) is 77.4 Å². The molecule has 2 N–H and O–H groups in total. The monoisotopic (exact) mass is 519 g/mol. The Morgan fingerprint density at radius 2 is 1.81 bits per heavy atom. The predicted molar refractivity (Wildman–Crippen MR) is 147 cm³/mol. The highest BCUT2D eigenvalue weighted by Crippen LogP contribution is 2.34. The summed E-state index contributed by atoms with van der Waals surface area (Å²) in [4.78, 5) is 42.1. The van der Waals surface area contributed by atoms with E-state index in [-0.39, 0.29) is 17.9 Å². The van der Waals surface area contributed by atoms with Gasteiger partial charge in [0.05, 0.1) is 0 Å². The van der Waals surface area contributed by atoms with Gasteiger partial charge in [0.25, 0.3) is 0 Å². The maximum Gasteiger partial charge on any atom is 0.408 e. The zero-order valence-corrected chi connectivity index (χ0v) is 23.7. The van der Waals surface area contributed by atoms with Crippen molar-refractivity contribution in [3.63, 3.8) is 0 Å². The molecule has 0 bridgehead atoms. The fraction of sp³-hybridized carbons (Fsp3) is 0.679. The average molecular weight is 520 g/mol. The zero-order chi connectivity index (χ0) is 26.7. The van der Waals surface area contributed by atoms with Crippen LogP contribution in [-0.2, 0) is 14.3 Å². The van der Waals surface area contributed by atoms with Crippen LogP contribution in [0.2, 0.25) is 0 Å². The molecule has 8 heteroatoms. The zero-order valence-electron chi connectivity index (χ0n) is 22.9. The Morgan fingerprint density at radius 3 is 2.33 bits per heavy atom. The SMILES string of the molecule is CCCCCNC(=O)C(c1ccc(C)cc1)N(C(=O)C(CCSC)NC(=O)OC(C)(C)C)C1CCC1. The van der Waals surface area contributed by atoms with Crippen LogP contribution in [0.1, 0.15) is 89.8 Å². The third-order valence-corrected chi connectivity index (χ3v) is 6.97. The van der Waals surface area contributed by atoms with Crippen molar-refractivity contribution in [2.75, 3.05) is 18.6 Å². The molecule has 36 heavy (non-hydrogen) atoms. The van der Waals surface area contributed by atoms with Crippen molar-refractivity contribution in [1.29, 1.82) is 0 Å². The Hall–Kier alpha value is -2.22. The fourth-order valence-corrected chi connectivity index (χ4v) is 4.65. The number of benzene rings is 1. The highest BCUT2D eigenvalue weighted by atomic mass is 32.2. The van der Waals surface area contributed by atoms with Gasteiger partial charge in [-0.3, -0.25) is 9.59 Å². The van der Waals surface area contributed by atoms with Crippen LogP contribution in [0.4, 0.5) is 4.79 Å². The van der Waals surface area contributed by atoms with Gasteiger partial charge in [0, 0.05) is 12.6 Å². The van der Waals surface area contributed by atoms with Crippen molar-refractivity contribution in [1.82, 2.24) is 15.5 Å². The molecule has 0 spiro atoms. The second-order valence-corrected chi connectivity index (χ2v) is 11.6. The lowest BCUT2D eigenvalue weighted by Crippen LogP contribution is -2.57. The molecule has 3 amide bonds. The third kappa shape index (κ3) is 9.34. The molecule has 7 nitrogen and oxygen atoms in total. The molecule has 1 saturated carbocycles. The topological polar surface area (TPSA) is 87.7 Å². The maximum atomic E-state index is 14.1. The minimum absolute atomic E-state index is 0.0394. The van der Waals surface area contributed by atoms with E-state index >= 15 is 0 Å². The van der Waals surface area contributed by atoms with E-state index in [0.717, 1.165) is 49.7 Å². The van der Waals surface area contributed by atoms with Gasteiger partial charge in [-0.25, -0.2) is 4.79 Å². The first-order valence-corrected chi connectivity index (χ1v) is 14.6. The molecule has 0 heterocycles. The number of aryl methyl sites for hydroxylation is 1. The van der Waals surface area contributed by atoms with Gasteiger partial charge in [-0.15, -0.1) is 0 Å². The van der Waals surface area contributed by atoms with E-state index in [1.165, 1.54) is 0 Å². The summed E-state index contributed by atoms with van der Waals surface area (Å²) in [5.41, 5.74) is 1.20. The first-order valence-electron chi connectivity index (χ1n) is 13.2. The number of thioether (sulfide) groups is 1. The number of amides is 3. The van der Waals surface area contributed by atoms with Crippen LogP contribution in [0.25, 0.3) is 0 Å². The molecule has 1 fully saturated rings. The number of carbonyl (C=O) groups is 3. The molecule has 2 unspecified atom stereocenters. The molecule has 1 aromatic carbocycles. The second-order valence-electron chi connectivity index (χ2n) is 10.6. The van der Waals surface area contributed by atoms with E-state index in [1.54, 1.807) is 37.4 Å². The van der Waals surface area contributed by atoms with Gasteiger partial charge < -0.3 is 20.3 Å². The Bertz CT molecular complexity index is 849. The minimum Gasteiger partial charge on any atom is -0.444 e. The number of hydrogen-bond acceptors (Lipinski definition) is 5. The Labute approximate surface area is 221 Å². The lowest BCUT2D eigenvalue weighted by atomic mass is 9.87. The summed E-state index contributed by atoms with van der Waals surface area (Å²) in [6.07, 6.45) is 7.52. The van der Waals surface area contributed by atoms with Gasteiger partial charge in [-0.2, -0.15) is 11.8 Å². The number of ether oxygens (including phenoxy) is 1. The van der Waals surface area contributed by atoms with E-state index in [9.17, 15) is 14.4 Å². The van der Waals surface area contributed by atoms with E-state index in [0.29, 0.717) is 18.7 Å². The molecule has 2 rings (SSSR count). The Morgan fingerprint density at radius 1 is 1.14 bits per heavy atom. The molecule has 0 aliphatic heterocycles. The third-order valence-electron chi connectivity index (χ3n) is 6.32. The Balaban J connectivity index is 2.39. The van der Waals surface area contributed by atoms with Crippen LogP contribution in [-0.4, -0.2) is 59.0 Å². The summed E-state index contributed by atoms with van der Waals surface area (Å²) in [6, 6.07) is 6.25. The Kier molecular flexibility index (Phi) is 12.1. The van der Waals surface area contributed by atoms with Crippen LogP contribution < -0.4 is 10.6 Å². The number of rotatable bonds is 13. The van der Waals surface area contributed by atoms with Crippen LogP contribution in [0.3, 0.4) is 0 Å². The quantitative estimate of drug-likeness (QED) is 0.342. The average Bonchev–Trinajstić information content (AvgIpc) is 2.77. The molecule has 1 aliphatic carbocycles. The molecule has 0 radical (unpaired) electrons. The minimum atomic E-state index is -0.770. The summed E-state index contributed by atoms with van der Waals surface area (Å²) in [6.45, 7) is 10.1. The van der Waals surface area contributed by atoms with Gasteiger partial charge in [-0.1, -0.05) is 49.6 Å². The summed E-state index contributed by atoms with van der Waals surface area (Å²) in [5, 5.41) is 5.88. The van der Waals surface area contributed by atoms with Crippen LogP contribution in [0.5, 0.6) is 0 Å². The van der Waals surface area contributed by atoms with E-state index in [2.05, 4.69) is 17.6 Å². The molecule has 0 aromatic heterocycles. The lowest BCUT2D eigenvalue weighted by molar-refractivity contribution is -0.147. The van der Waals surface area contributed by atoms with Crippen LogP contribution >= 0.6 is 11.8 Å². The highest BCUT2D eigenvalue weighted by Gasteiger charge is 2.41. The number of nitrogens with zero attached hydrogens (tertiary/aromatic N) is 1. The van der Waals surface area contributed by atoms with Gasteiger partial charge in [0.15, 0.2) is 0 Å². The van der Waals surface area contributed by atoms with Crippen molar-refractivity contribution < 1.29 is 19.1 Å². The van der Waals surface area contributed by atoms with E-state index < -0.39 is 23.8 Å². The maximum absolute atomic E-state index is 14.1. The van der Waals surface area contributed by atoms with E-state index in [4.69, 9.17) is 4.74 Å². The summed E-state index contributed by atoms with van der Waals surface area (Å²) < 4.78 is 5.45. The first-order chi connectivity index (χ1) is 17.1. The predicted octanol–water partition coefficient (Wildman–Crippen LogP) is 5.37. The molecule has 1 aromatic rings. The van der Waals surface area contributed by atoms with Crippen molar-refractivity contribution >= 4 is 29.7 Å². The molecule has 202 valence electrons. The molecule has 1 aliphatic rings. The molecular formula is C28H45N3O4S. The number of alkyl carbamates (subject to hydrolysis) is 1. The van der Waals surface area contributed by atoms with Gasteiger partial charge in [0.1, 0.15) is 17.7 Å². The van der Waals surface area contributed by atoms with Crippen molar-refractivity contribution in [2.45, 2.75) is 103 Å². The standard InChI is InChI=1S/C28H45N3O4S/c1-7-8-9-18-29-25(32)24(21-15-13-20(2)14-16-21)31(22-11-10-12-22)26(33)23(17-19-36-6)30-27(34)35-28(3,4)5/h13-16,22-24H,7-12,17-19H2,1-6H3,(H,29,32)(H,30,34). The van der Waals surface area contributed by atoms with Crippen LogP contribution in [0, 0.1) is 6.92 Å². The largest absolute Gasteiger partial charge is 0.444 e. The second kappa shape index (κ2) is 14.5. The fourth-order valence-electron chi connectivity index (χ4n) is 4.18. The molecule has 2 atom stereocenters. The van der Waals surface area contributed by atoms with E-state index in [1.807, 2.05) is 37.4 Å². The first kappa shape index (κ1) is 30.0. The summed E-state index contributed by atoms with van der Waals surface area (Å²) >= 11 is 1.61. The molecule has 0 saturated heterocycles. The number of carbonyl (C=O) groups excluding carboxylic acids is 3. The van der Waals surface area contributed by atoms with Crippen LogP contribution in [0.15, 0.2) is 24.3 Å².